The molecule has 1 atom stereocenters. The van der Waals surface area contributed by atoms with Crippen molar-refractivity contribution in [2.75, 3.05) is 13.2 Å². The Hall–Kier alpha value is -3.35. The van der Waals surface area contributed by atoms with E-state index in [0.29, 0.717) is 19.6 Å². The van der Waals surface area contributed by atoms with Gasteiger partial charge in [0.05, 0.1) is 0 Å². The highest BCUT2D eigenvalue weighted by Crippen LogP contribution is 2.44. The maximum atomic E-state index is 12.2. The Morgan fingerprint density at radius 3 is 2.12 bits per heavy atom. The summed E-state index contributed by atoms with van der Waals surface area (Å²) in [6.07, 6.45) is 4.27. The number of alkyl carbamates (subject to hydrolysis) is 1. The van der Waals surface area contributed by atoms with Gasteiger partial charge in [0.2, 0.25) is 5.91 Å². The van der Waals surface area contributed by atoms with Crippen LogP contribution in [-0.2, 0) is 14.3 Å². The van der Waals surface area contributed by atoms with E-state index in [-0.39, 0.29) is 11.8 Å². The molecule has 7 nitrogen and oxygen atoms in total. The number of carbonyl (C=O) groups is 3. The van der Waals surface area contributed by atoms with Crippen LogP contribution in [0.15, 0.2) is 48.5 Å². The SMILES string of the molecule is C[C@H](NC(=O)CCCCCCCNC(=O)OCC1c2ccccc2-c2ccccc21)C(=O)O. The molecule has 0 fully saturated rings. The Kier molecular flexibility index (Phi) is 8.87. The molecule has 0 saturated heterocycles. The van der Waals surface area contributed by atoms with Gasteiger partial charge in [-0.25, -0.2) is 4.79 Å². The quantitative estimate of drug-likeness (QED) is 0.413. The Balaban J connectivity index is 1.28. The minimum atomic E-state index is -1.03. The third kappa shape index (κ3) is 6.81. The topological polar surface area (TPSA) is 105 Å². The zero-order valence-corrected chi connectivity index (χ0v) is 19.0. The lowest BCUT2D eigenvalue weighted by Crippen LogP contribution is -2.38. The highest BCUT2D eigenvalue weighted by molar-refractivity contribution is 5.83. The molecule has 1 aliphatic carbocycles. The van der Waals surface area contributed by atoms with Gasteiger partial charge in [0.1, 0.15) is 12.6 Å². The Labute approximate surface area is 194 Å². The summed E-state index contributed by atoms with van der Waals surface area (Å²) >= 11 is 0. The van der Waals surface area contributed by atoms with E-state index in [0.717, 1.165) is 32.1 Å². The Bertz CT molecular complexity index is 929. The number of ether oxygens (including phenoxy) is 1. The molecule has 176 valence electrons. The molecule has 0 aliphatic heterocycles. The van der Waals surface area contributed by atoms with Gasteiger partial charge in [0.25, 0.3) is 0 Å². The summed E-state index contributed by atoms with van der Waals surface area (Å²) in [4.78, 5) is 34.5. The first kappa shape index (κ1) is 24.3. The van der Waals surface area contributed by atoms with Crippen LogP contribution >= 0.6 is 0 Å². The molecule has 1 aliphatic rings. The molecule has 2 amide bonds. The van der Waals surface area contributed by atoms with Crippen molar-refractivity contribution in [2.45, 2.75) is 57.4 Å². The molecule has 0 heterocycles. The van der Waals surface area contributed by atoms with Crippen LogP contribution in [0.25, 0.3) is 11.1 Å². The fourth-order valence-electron chi connectivity index (χ4n) is 4.16. The van der Waals surface area contributed by atoms with Gasteiger partial charge in [-0.3, -0.25) is 9.59 Å². The number of amides is 2. The van der Waals surface area contributed by atoms with Crippen molar-refractivity contribution in [3.8, 4) is 11.1 Å². The number of hydrogen-bond donors (Lipinski definition) is 3. The molecule has 0 bridgehead atoms. The van der Waals surface area contributed by atoms with E-state index in [4.69, 9.17) is 9.84 Å². The van der Waals surface area contributed by atoms with Gasteiger partial charge in [0.15, 0.2) is 0 Å². The number of carboxylic acid groups (broad SMARTS) is 1. The summed E-state index contributed by atoms with van der Waals surface area (Å²) in [5.74, 6) is -1.21. The van der Waals surface area contributed by atoms with E-state index < -0.39 is 18.1 Å². The minimum Gasteiger partial charge on any atom is -0.480 e. The van der Waals surface area contributed by atoms with E-state index >= 15 is 0 Å². The van der Waals surface area contributed by atoms with Crippen molar-refractivity contribution >= 4 is 18.0 Å². The van der Waals surface area contributed by atoms with Crippen LogP contribution in [0.4, 0.5) is 4.79 Å². The first-order chi connectivity index (χ1) is 16.0. The Morgan fingerprint density at radius 1 is 0.909 bits per heavy atom. The van der Waals surface area contributed by atoms with E-state index in [1.807, 2.05) is 24.3 Å². The summed E-state index contributed by atoms with van der Waals surface area (Å²) in [5.41, 5.74) is 4.79. The lowest BCUT2D eigenvalue weighted by atomic mass is 9.98. The number of aliphatic carboxylic acids is 1. The summed E-state index contributed by atoms with van der Waals surface area (Å²) in [6, 6.07) is 15.6. The molecule has 0 aromatic heterocycles. The largest absolute Gasteiger partial charge is 0.480 e. The van der Waals surface area contributed by atoms with E-state index in [2.05, 4.69) is 34.9 Å². The lowest BCUT2D eigenvalue weighted by molar-refractivity contribution is -0.141. The number of carbonyl (C=O) groups excluding carboxylic acids is 2. The van der Waals surface area contributed by atoms with Crippen LogP contribution in [0.2, 0.25) is 0 Å². The van der Waals surface area contributed by atoms with Crippen LogP contribution < -0.4 is 10.6 Å². The molecule has 3 N–H and O–H groups in total. The zero-order chi connectivity index (χ0) is 23.6. The van der Waals surface area contributed by atoms with Crippen molar-refractivity contribution in [1.29, 1.82) is 0 Å². The van der Waals surface area contributed by atoms with Crippen LogP contribution in [-0.4, -0.2) is 42.3 Å². The molecule has 2 aromatic carbocycles. The third-order valence-corrected chi connectivity index (χ3v) is 5.94. The van der Waals surface area contributed by atoms with Gasteiger partial charge in [0, 0.05) is 18.9 Å². The van der Waals surface area contributed by atoms with Gasteiger partial charge in [-0.05, 0) is 42.0 Å². The molecular formula is C26H32N2O5. The number of benzene rings is 2. The molecular weight excluding hydrogens is 420 g/mol. The van der Waals surface area contributed by atoms with Gasteiger partial charge in [-0.2, -0.15) is 0 Å². The maximum absolute atomic E-state index is 12.2. The third-order valence-electron chi connectivity index (χ3n) is 5.94. The molecule has 3 rings (SSSR count). The average molecular weight is 453 g/mol. The highest BCUT2D eigenvalue weighted by atomic mass is 16.5. The lowest BCUT2D eigenvalue weighted by Gasteiger charge is -2.14. The van der Waals surface area contributed by atoms with Gasteiger partial charge >= 0.3 is 12.1 Å². The second-order valence-electron chi connectivity index (χ2n) is 8.40. The van der Waals surface area contributed by atoms with Crippen LogP contribution in [0.3, 0.4) is 0 Å². The number of carboxylic acids is 1. The molecule has 0 spiro atoms. The number of unbranched alkanes of at least 4 members (excludes halogenated alkanes) is 4. The predicted molar refractivity (Wildman–Crippen MR) is 126 cm³/mol. The summed E-state index contributed by atoms with van der Waals surface area (Å²) < 4.78 is 5.52. The molecule has 2 aromatic rings. The zero-order valence-electron chi connectivity index (χ0n) is 19.0. The van der Waals surface area contributed by atoms with E-state index in [1.165, 1.54) is 29.2 Å². The molecule has 0 radical (unpaired) electrons. The van der Waals surface area contributed by atoms with Crippen molar-refractivity contribution in [1.82, 2.24) is 10.6 Å². The number of nitrogens with one attached hydrogen (secondary N) is 2. The summed E-state index contributed by atoms with van der Waals surface area (Å²) in [7, 11) is 0. The van der Waals surface area contributed by atoms with Crippen LogP contribution in [0, 0.1) is 0 Å². The average Bonchev–Trinajstić information content (AvgIpc) is 3.13. The fourth-order valence-corrected chi connectivity index (χ4v) is 4.16. The normalized spacial score (nSPS) is 13.0. The molecule has 0 unspecified atom stereocenters. The second kappa shape index (κ2) is 12.0. The van der Waals surface area contributed by atoms with Gasteiger partial charge in [-0.15, -0.1) is 0 Å². The standard InChI is InChI=1S/C26H32N2O5/c1-18(25(30)31)28-24(29)15-5-3-2-4-10-16-27-26(32)33-17-23-21-13-8-6-11-19(21)20-12-7-9-14-22(20)23/h6-9,11-14,18,23H,2-5,10,15-17H2,1H3,(H,27,32)(H,28,29)(H,30,31)/t18-/m0/s1. The number of hydrogen-bond acceptors (Lipinski definition) is 4. The number of fused-ring (bicyclic) bond motifs is 3. The van der Waals surface area contributed by atoms with Crippen molar-refractivity contribution in [2.24, 2.45) is 0 Å². The number of rotatable bonds is 12. The second-order valence-corrected chi connectivity index (χ2v) is 8.40. The summed E-state index contributed by atoms with van der Waals surface area (Å²) in [6.45, 7) is 2.31. The molecule has 7 heteroatoms. The van der Waals surface area contributed by atoms with E-state index in [1.54, 1.807) is 0 Å². The first-order valence-electron chi connectivity index (χ1n) is 11.6. The van der Waals surface area contributed by atoms with Crippen molar-refractivity contribution < 1.29 is 24.2 Å². The van der Waals surface area contributed by atoms with E-state index in [9.17, 15) is 14.4 Å². The minimum absolute atomic E-state index is 0.0545. The highest BCUT2D eigenvalue weighted by Gasteiger charge is 2.28. The van der Waals surface area contributed by atoms with Gasteiger partial charge < -0.3 is 20.5 Å². The van der Waals surface area contributed by atoms with Gasteiger partial charge in [-0.1, -0.05) is 67.8 Å². The predicted octanol–water partition coefficient (Wildman–Crippen LogP) is 4.46. The van der Waals surface area contributed by atoms with Crippen molar-refractivity contribution in [3.05, 3.63) is 59.7 Å². The van der Waals surface area contributed by atoms with Crippen LogP contribution in [0.1, 0.15) is 62.5 Å². The smallest absolute Gasteiger partial charge is 0.407 e. The fraction of sp³-hybridized carbons (Fsp3) is 0.423. The summed E-state index contributed by atoms with van der Waals surface area (Å²) in [5, 5.41) is 14.0. The molecule has 0 saturated carbocycles. The van der Waals surface area contributed by atoms with Crippen molar-refractivity contribution in [3.63, 3.8) is 0 Å². The first-order valence-corrected chi connectivity index (χ1v) is 11.6. The molecule has 33 heavy (non-hydrogen) atoms. The monoisotopic (exact) mass is 452 g/mol. The maximum Gasteiger partial charge on any atom is 0.407 e. The Morgan fingerprint density at radius 2 is 1.48 bits per heavy atom. The van der Waals surface area contributed by atoms with Crippen LogP contribution in [0.5, 0.6) is 0 Å².